The molecule has 120 valence electrons. The van der Waals surface area contributed by atoms with Gasteiger partial charge in [0, 0.05) is 0 Å². The summed E-state index contributed by atoms with van der Waals surface area (Å²) in [6.07, 6.45) is 3.76. The third kappa shape index (κ3) is 2.63. The zero-order chi connectivity index (χ0) is 16.9. The van der Waals surface area contributed by atoms with Gasteiger partial charge in [0.15, 0.2) is 0 Å². The summed E-state index contributed by atoms with van der Waals surface area (Å²) in [7, 11) is 0. The van der Waals surface area contributed by atoms with E-state index in [-0.39, 0.29) is 0 Å². The Morgan fingerprint density at radius 1 is 0.625 bits per heavy atom. The number of benzene rings is 3. The molecule has 0 atom stereocenters. The second-order valence-electron chi connectivity index (χ2n) is 5.66. The number of halogens is 1. The first-order chi connectivity index (χ1) is 11.7. The van der Waals surface area contributed by atoms with Gasteiger partial charge in [-0.1, -0.05) is 0 Å². The molecule has 0 radical (unpaired) electrons. The summed E-state index contributed by atoms with van der Waals surface area (Å²) >= 11 is 7.75. The van der Waals surface area contributed by atoms with Crippen LogP contribution in [0.3, 0.4) is 0 Å². The van der Waals surface area contributed by atoms with Gasteiger partial charge < -0.3 is 0 Å². The van der Waals surface area contributed by atoms with Gasteiger partial charge in [0.25, 0.3) is 0 Å². The van der Waals surface area contributed by atoms with E-state index in [1.165, 1.54) is 0 Å². The molecular formula is C22H20ClP. The van der Waals surface area contributed by atoms with Crippen molar-refractivity contribution in [3.63, 3.8) is 0 Å². The van der Waals surface area contributed by atoms with E-state index in [9.17, 15) is 0 Å². The Bertz CT molecular complexity index is 739. The van der Waals surface area contributed by atoms with E-state index >= 15 is 0 Å². The van der Waals surface area contributed by atoms with Crippen molar-refractivity contribution in [2.45, 2.75) is 0 Å². The van der Waals surface area contributed by atoms with Crippen molar-refractivity contribution >= 4 is 33.1 Å². The van der Waals surface area contributed by atoms with Crippen LogP contribution in [0.4, 0.5) is 0 Å². The Kier molecular flexibility index (Phi) is 4.71. The van der Waals surface area contributed by atoms with Gasteiger partial charge in [-0.25, -0.2) is 0 Å². The Balaban J connectivity index is 2.47. The van der Waals surface area contributed by atoms with Crippen LogP contribution in [0.2, 0.25) is 0 Å². The molecule has 0 nitrogen and oxygen atoms in total. The first-order valence-electron chi connectivity index (χ1n) is 7.91. The molecule has 0 spiro atoms. The standard InChI is InChI=1S/C22H20ClP/c1-2-3-19-24(23,20-13-7-4-8-14-20,21-15-9-5-10-16-21)22-17-11-6-12-18-22/h2-19H,1H2. The molecule has 3 rings (SSSR count). The van der Waals surface area contributed by atoms with E-state index in [2.05, 4.69) is 48.8 Å². The zero-order valence-electron chi connectivity index (χ0n) is 13.4. The molecule has 0 heterocycles. The molecule has 3 aromatic rings. The van der Waals surface area contributed by atoms with E-state index in [1.807, 2.05) is 60.7 Å². The van der Waals surface area contributed by atoms with Crippen LogP contribution in [-0.4, -0.2) is 0 Å². The summed E-state index contributed by atoms with van der Waals surface area (Å²) in [5.41, 5.74) is 0. The van der Waals surface area contributed by atoms with E-state index < -0.39 is 5.96 Å². The zero-order valence-corrected chi connectivity index (χ0v) is 15.1. The molecule has 24 heavy (non-hydrogen) atoms. The molecule has 0 aromatic heterocycles. The van der Waals surface area contributed by atoms with Crippen molar-refractivity contribution in [2.75, 3.05) is 0 Å². The van der Waals surface area contributed by atoms with Crippen LogP contribution in [-0.2, 0) is 0 Å². The van der Waals surface area contributed by atoms with Crippen molar-refractivity contribution in [1.82, 2.24) is 0 Å². The third-order valence-electron chi connectivity index (χ3n) is 4.29. The summed E-state index contributed by atoms with van der Waals surface area (Å²) in [6, 6.07) is 31.1. The summed E-state index contributed by atoms with van der Waals surface area (Å²) in [4.78, 5) is 0. The summed E-state index contributed by atoms with van der Waals surface area (Å²) < 4.78 is 0. The van der Waals surface area contributed by atoms with Gasteiger partial charge >= 0.3 is 149 Å². The average Bonchev–Trinajstić information content (AvgIpc) is 2.68. The molecule has 0 fully saturated rings. The molecule has 0 unspecified atom stereocenters. The van der Waals surface area contributed by atoms with Gasteiger partial charge in [-0.2, -0.15) is 0 Å². The Morgan fingerprint density at radius 3 is 1.25 bits per heavy atom. The molecule has 0 aliphatic rings. The van der Waals surface area contributed by atoms with Gasteiger partial charge in [-0.15, -0.1) is 0 Å². The Labute approximate surface area is 148 Å². The molecule has 0 saturated heterocycles. The molecule has 0 aliphatic heterocycles. The van der Waals surface area contributed by atoms with Crippen LogP contribution in [0.5, 0.6) is 0 Å². The number of hydrogen-bond donors (Lipinski definition) is 0. The fourth-order valence-electron chi connectivity index (χ4n) is 3.09. The van der Waals surface area contributed by atoms with E-state index in [4.69, 9.17) is 11.2 Å². The molecule has 2 heteroatoms. The van der Waals surface area contributed by atoms with Crippen LogP contribution in [0.25, 0.3) is 0 Å². The molecular weight excluding hydrogens is 331 g/mol. The van der Waals surface area contributed by atoms with E-state index in [0.717, 1.165) is 15.9 Å². The maximum absolute atomic E-state index is 7.75. The molecule has 0 saturated carbocycles. The number of hydrogen-bond acceptors (Lipinski definition) is 0. The van der Waals surface area contributed by atoms with Gasteiger partial charge in [-0.05, 0) is 0 Å². The topological polar surface area (TPSA) is 0 Å². The maximum atomic E-state index is 7.75. The fourth-order valence-corrected chi connectivity index (χ4v) is 8.42. The Morgan fingerprint density at radius 2 is 0.958 bits per heavy atom. The van der Waals surface area contributed by atoms with Gasteiger partial charge in [0.2, 0.25) is 0 Å². The second-order valence-corrected chi connectivity index (χ2v) is 11.8. The van der Waals surface area contributed by atoms with Crippen molar-refractivity contribution < 1.29 is 0 Å². The van der Waals surface area contributed by atoms with Crippen LogP contribution in [0.1, 0.15) is 0 Å². The minimum absolute atomic E-state index is 1.13. The van der Waals surface area contributed by atoms with Gasteiger partial charge in [0.1, 0.15) is 0 Å². The average molecular weight is 351 g/mol. The molecule has 0 bridgehead atoms. The number of rotatable bonds is 5. The van der Waals surface area contributed by atoms with E-state index in [1.54, 1.807) is 6.08 Å². The van der Waals surface area contributed by atoms with E-state index in [0.29, 0.717) is 0 Å². The number of allylic oxidation sites excluding steroid dienone is 2. The van der Waals surface area contributed by atoms with Gasteiger partial charge in [0.05, 0.1) is 0 Å². The third-order valence-corrected chi connectivity index (χ3v) is 11.0. The van der Waals surface area contributed by atoms with Crippen LogP contribution >= 0.6 is 17.2 Å². The quantitative estimate of drug-likeness (QED) is 0.428. The Hall–Kier alpha value is -2.14. The first-order valence-corrected chi connectivity index (χ1v) is 11.1. The van der Waals surface area contributed by atoms with Crippen LogP contribution in [0.15, 0.2) is 116 Å². The molecule has 0 aliphatic carbocycles. The molecule has 3 aromatic carbocycles. The van der Waals surface area contributed by atoms with Crippen molar-refractivity contribution in [2.24, 2.45) is 0 Å². The predicted molar refractivity (Wildman–Crippen MR) is 110 cm³/mol. The van der Waals surface area contributed by atoms with Crippen molar-refractivity contribution in [3.8, 4) is 0 Å². The van der Waals surface area contributed by atoms with Gasteiger partial charge in [-0.3, -0.25) is 0 Å². The van der Waals surface area contributed by atoms with Crippen LogP contribution < -0.4 is 15.9 Å². The van der Waals surface area contributed by atoms with Crippen molar-refractivity contribution in [1.29, 1.82) is 0 Å². The first kappa shape index (κ1) is 16.7. The molecule has 0 amide bonds. The monoisotopic (exact) mass is 350 g/mol. The summed E-state index contributed by atoms with van der Waals surface area (Å²) in [5.74, 6) is -1.08. The van der Waals surface area contributed by atoms with Crippen LogP contribution in [0, 0.1) is 0 Å². The summed E-state index contributed by atoms with van der Waals surface area (Å²) in [5, 5.41) is 3.38. The normalized spacial score (nSPS) is 13.3. The molecule has 0 N–H and O–H groups in total. The fraction of sp³-hybridized carbons (Fsp3) is 0. The van der Waals surface area contributed by atoms with Crippen molar-refractivity contribution in [3.05, 3.63) is 116 Å². The summed E-state index contributed by atoms with van der Waals surface area (Å²) in [6.45, 7) is 3.85. The predicted octanol–water partition coefficient (Wildman–Crippen LogP) is 5.37. The second kappa shape index (κ2) is 6.77. The SMILES string of the molecule is C=CC=CP(Cl)(c1ccccc1)(c1ccccc1)c1ccccc1. The minimum atomic E-state index is -3.23.